The predicted octanol–water partition coefficient (Wildman–Crippen LogP) is 3.45. The average Bonchev–Trinajstić information content (AvgIpc) is 2.71. The van der Waals surface area contributed by atoms with Gasteiger partial charge < -0.3 is 25.4 Å². The molecule has 3 N–H and O–H groups in total. The highest BCUT2D eigenvalue weighted by molar-refractivity contribution is 5.93. The van der Waals surface area contributed by atoms with Gasteiger partial charge in [0, 0.05) is 18.7 Å². The van der Waals surface area contributed by atoms with Crippen LogP contribution in [0, 0.1) is 0 Å². The van der Waals surface area contributed by atoms with Gasteiger partial charge in [0.2, 0.25) is 0 Å². The third kappa shape index (κ3) is 6.89. The van der Waals surface area contributed by atoms with Gasteiger partial charge in [0.15, 0.2) is 0 Å². The zero-order valence-electron chi connectivity index (χ0n) is 16.8. The highest BCUT2D eigenvalue weighted by Gasteiger charge is 2.43. The van der Waals surface area contributed by atoms with Crippen molar-refractivity contribution < 1.29 is 41.0 Å². The quantitative estimate of drug-likeness (QED) is 0.614. The summed E-state index contributed by atoms with van der Waals surface area (Å²) in [6.45, 7) is -1.26. The van der Waals surface area contributed by atoms with E-state index in [0.29, 0.717) is 0 Å². The van der Waals surface area contributed by atoms with Gasteiger partial charge in [-0.3, -0.25) is 4.79 Å². The Morgan fingerprint density at radius 3 is 2.70 bits per heavy atom. The highest BCUT2D eigenvalue weighted by Crippen LogP contribution is 2.31. The summed E-state index contributed by atoms with van der Waals surface area (Å²) in [6.07, 6.45) is -5.56. The minimum Gasteiger partial charge on any atom is -0.448 e. The molecule has 0 aromatic carbocycles. The van der Waals surface area contributed by atoms with E-state index in [2.05, 4.69) is 24.8 Å². The summed E-state index contributed by atoms with van der Waals surface area (Å²) in [5.41, 5.74) is 4.70. The van der Waals surface area contributed by atoms with Crippen LogP contribution < -0.4 is 15.8 Å². The highest BCUT2D eigenvalue weighted by atomic mass is 19.4. The van der Waals surface area contributed by atoms with E-state index in [0.717, 1.165) is 23.2 Å². The number of nitrogens with two attached hydrogens (primary N) is 1. The maximum absolute atomic E-state index is 14.0. The average molecular weight is 475 g/mol. The molecule has 3 heterocycles. The van der Waals surface area contributed by atoms with Crippen LogP contribution in [0.2, 0.25) is 0 Å². The van der Waals surface area contributed by atoms with Crippen molar-refractivity contribution in [3.63, 3.8) is 0 Å². The first-order valence-corrected chi connectivity index (χ1v) is 9.49. The van der Waals surface area contributed by atoms with E-state index < -0.39 is 49.0 Å². The Bertz CT molecular complexity index is 1020. The van der Waals surface area contributed by atoms with Crippen molar-refractivity contribution in [2.24, 2.45) is 5.73 Å². The van der Waals surface area contributed by atoms with Gasteiger partial charge in [0.05, 0.1) is 12.6 Å². The fourth-order valence-electron chi connectivity index (χ4n) is 3.16. The van der Waals surface area contributed by atoms with Crippen molar-refractivity contribution >= 4 is 23.6 Å². The maximum Gasteiger partial charge on any atom is 0.573 e. The lowest BCUT2D eigenvalue weighted by Crippen LogP contribution is -2.53. The number of alkyl halides is 5. The third-order valence-corrected chi connectivity index (χ3v) is 4.55. The molecule has 0 radical (unpaired) electrons. The normalized spacial score (nSPS) is 17.8. The number of carbonyl (C=O) groups is 2. The molecule has 1 aliphatic heterocycles. The number of amides is 2. The summed E-state index contributed by atoms with van der Waals surface area (Å²) in [6, 6.07) is 5.20. The Hall–Kier alpha value is -3.71. The number of ether oxygens (including phenoxy) is 2. The van der Waals surface area contributed by atoms with Gasteiger partial charge in [-0.05, 0) is 24.6 Å². The lowest BCUT2D eigenvalue weighted by molar-refractivity contribution is -0.274. The van der Waals surface area contributed by atoms with Crippen molar-refractivity contribution in [1.29, 1.82) is 0 Å². The van der Waals surface area contributed by atoms with Crippen molar-refractivity contribution in [3.05, 3.63) is 42.2 Å². The van der Waals surface area contributed by atoms with E-state index in [1.165, 1.54) is 18.2 Å². The largest absolute Gasteiger partial charge is 0.573 e. The van der Waals surface area contributed by atoms with Crippen molar-refractivity contribution in [2.45, 2.75) is 31.2 Å². The van der Waals surface area contributed by atoms with Crippen molar-refractivity contribution in [3.8, 4) is 5.75 Å². The number of hydrogen-bond donors (Lipinski definition) is 2. The number of likely N-dealkylation sites (tertiary alicyclic amines) is 1. The molecule has 1 aliphatic rings. The van der Waals surface area contributed by atoms with Crippen LogP contribution in [0.3, 0.4) is 0 Å². The molecular weight excluding hydrogens is 457 g/mol. The molecule has 1 saturated heterocycles. The van der Waals surface area contributed by atoms with E-state index >= 15 is 0 Å². The van der Waals surface area contributed by atoms with Gasteiger partial charge in [0.25, 0.3) is 11.8 Å². The monoisotopic (exact) mass is 475 g/mol. The molecule has 14 heteroatoms. The van der Waals surface area contributed by atoms with Crippen LogP contribution in [0.1, 0.15) is 23.3 Å². The smallest absolute Gasteiger partial charge is 0.448 e. The first kappa shape index (κ1) is 23.9. The molecule has 2 amide bonds. The van der Waals surface area contributed by atoms with Gasteiger partial charge in [-0.25, -0.2) is 23.5 Å². The molecule has 0 spiro atoms. The Labute approximate surface area is 183 Å². The molecule has 2 aromatic rings. The number of aromatic nitrogens is 2. The minimum atomic E-state index is -4.89. The molecule has 0 saturated carbocycles. The Morgan fingerprint density at radius 1 is 1.24 bits per heavy atom. The molecule has 0 aliphatic carbocycles. The van der Waals surface area contributed by atoms with Crippen LogP contribution in [0.15, 0.2) is 36.5 Å². The number of hydrogen-bond acceptors (Lipinski definition) is 7. The molecule has 1 unspecified atom stereocenters. The number of piperidine rings is 1. The first-order valence-electron chi connectivity index (χ1n) is 9.49. The fraction of sp³-hybridized carbons (Fsp3) is 0.368. The van der Waals surface area contributed by atoms with E-state index in [-0.39, 0.29) is 30.4 Å². The summed E-state index contributed by atoms with van der Waals surface area (Å²) in [5, 5.41) is 2.62. The molecule has 33 heavy (non-hydrogen) atoms. The Balaban J connectivity index is 1.78. The summed E-state index contributed by atoms with van der Waals surface area (Å²) in [5.74, 6) is -4.56. The lowest BCUT2D eigenvalue weighted by atomic mass is 9.99. The van der Waals surface area contributed by atoms with E-state index in [1.54, 1.807) is 0 Å². The summed E-state index contributed by atoms with van der Waals surface area (Å²) >= 11 is 0. The summed E-state index contributed by atoms with van der Waals surface area (Å²) in [4.78, 5) is 32.6. The molecule has 2 aromatic heterocycles. The lowest BCUT2D eigenvalue weighted by Gasteiger charge is -2.38. The third-order valence-electron chi connectivity index (χ3n) is 4.55. The van der Waals surface area contributed by atoms with Crippen LogP contribution in [0.5, 0.6) is 5.75 Å². The van der Waals surface area contributed by atoms with Gasteiger partial charge in [-0.15, -0.1) is 13.2 Å². The van der Waals surface area contributed by atoms with Gasteiger partial charge in [-0.1, -0.05) is 6.07 Å². The number of halogens is 5. The molecule has 0 bridgehead atoms. The van der Waals surface area contributed by atoms with Gasteiger partial charge in [-0.2, -0.15) is 0 Å². The standard InChI is InChI=1S/C19H18F5N5O4/c20-18(21)6-4-11(9-32-17(25)31)29(10-18)16(30)13-2-1-3-14(27-13)28-15-8-12(5-7-26-15)33-19(22,23)24/h1-3,5,7-8,11H,4,6,9-10H2,(H2,25,31)(H,26,27,28). The van der Waals surface area contributed by atoms with Crippen molar-refractivity contribution in [1.82, 2.24) is 14.9 Å². The molecule has 9 nitrogen and oxygen atoms in total. The number of nitrogens with one attached hydrogen (secondary N) is 1. The predicted molar refractivity (Wildman–Crippen MR) is 103 cm³/mol. The summed E-state index contributed by atoms with van der Waals surface area (Å²) in [7, 11) is 0. The molecule has 178 valence electrons. The first-order chi connectivity index (χ1) is 15.4. The van der Waals surface area contributed by atoms with E-state index in [4.69, 9.17) is 5.73 Å². The van der Waals surface area contributed by atoms with Gasteiger partial charge in [0.1, 0.15) is 29.7 Å². The molecule has 3 rings (SSSR count). The second-order valence-electron chi connectivity index (χ2n) is 7.07. The second-order valence-corrected chi connectivity index (χ2v) is 7.07. The number of pyridine rings is 2. The molecule has 1 atom stereocenters. The van der Waals surface area contributed by atoms with Crippen molar-refractivity contribution in [2.75, 3.05) is 18.5 Å². The van der Waals surface area contributed by atoms with E-state index in [9.17, 15) is 31.5 Å². The van der Waals surface area contributed by atoms with E-state index in [1.807, 2.05) is 0 Å². The number of anilines is 2. The number of carbonyl (C=O) groups excluding carboxylic acids is 2. The Kier molecular flexibility index (Phi) is 6.84. The fourth-order valence-corrected chi connectivity index (χ4v) is 3.16. The van der Waals surface area contributed by atoms with Crippen LogP contribution >= 0.6 is 0 Å². The maximum atomic E-state index is 14.0. The second kappa shape index (κ2) is 9.42. The van der Waals surface area contributed by atoms with Crippen LogP contribution in [-0.4, -0.2) is 58.3 Å². The number of primary amides is 1. The minimum absolute atomic E-state index is 0.0196. The molecule has 1 fully saturated rings. The zero-order valence-corrected chi connectivity index (χ0v) is 16.8. The Morgan fingerprint density at radius 2 is 2.00 bits per heavy atom. The van der Waals surface area contributed by atoms with Crippen LogP contribution in [0.4, 0.5) is 38.4 Å². The SMILES string of the molecule is NC(=O)OCC1CCC(F)(F)CN1C(=O)c1cccc(Nc2cc(OC(F)(F)F)ccn2)n1. The summed E-state index contributed by atoms with van der Waals surface area (Å²) < 4.78 is 73.6. The number of nitrogens with zero attached hydrogens (tertiary/aromatic N) is 3. The van der Waals surface area contributed by atoms with Crippen LogP contribution in [-0.2, 0) is 4.74 Å². The zero-order chi connectivity index (χ0) is 24.2. The number of rotatable bonds is 6. The topological polar surface area (TPSA) is 120 Å². The van der Waals surface area contributed by atoms with Crippen LogP contribution in [0.25, 0.3) is 0 Å². The molecular formula is C19H18F5N5O4. The van der Waals surface area contributed by atoms with Gasteiger partial charge >= 0.3 is 12.5 Å².